The molecule has 2 aromatic heterocycles. The van der Waals surface area contributed by atoms with Gasteiger partial charge in [-0.2, -0.15) is 0 Å². The minimum absolute atomic E-state index is 0.273. The highest BCUT2D eigenvalue weighted by Gasteiger charge is 2.15. The van der Waals surface area contributed by atoms with Gasteiger partial charge in [-0.1, -0.05) is 17.7 Å². The van der Waals surface area contributed by atoms with Crippen molar-refractivity contribution in [2.75, 3.05) is 0 Å². The summed E-state index contributed by atoms with van der Waals surface area (Å²) in [5.74, 6) is -0.342. The first-order valence-corrected chi connectivity index (χ1v) is 6.91. The average molecular weight is 302 g/mol. The van der Waals surface area contributed by atoms with Gasteiger partial charge in [0.05, 0.1) is 16.9 Å². The number of fused-ring (bicyclic) bond motifs is 1. The predicted molar refractivity (Wildman–Crippen MR) is 81.9 cm³/mol. The monoisotopic (exact) mass is 301 g/mol. The van der Waals surface area contributed by atoms with E-state index in [0.29, 0.717) is 22.3 Å². The fraction of sp³-hybridized carbons (Fsp3) is 0.188. The minimum atomic E-state index is -0.342. The molecule has 0 radical (unpaired) electrons. The van der Waals surface area contributed by atoms with Crippen LogP contribution in [0.2, 0.25) is 5.15 Å². The van der Waals surface area contributed by atoms with Gasteiger partial charge in [0.15, 0.2) is 0 Å². The predicted octanol–water partition coefficient (Wildman–Crippen LogP) is 4.41. The van der Waals surface area contributed by atoms with Gasteiger partial charge >= 0.3 is 0 Å². The molecule has 1 aromatic carbocycles. The zero-order valence-corrected chi connectivity index (χ0v) is 12.7. The third-order valence-corrected chi connectivity index (χ3v) is 3.61. The summed E-state index contributed by atoms with van der Waals surface area (Å²) in [4.78, 5) is 13.2. The van der Waals surface area contributed by atoms with Crippen molar-refractivity contribution in [2.45, 2.75) is 20.8 Å². The largest absolute Gasteiger partial charge is 0.249 e. The van der Waals surface area contributed by atoms with Crippen LogP contribution in [0.5, 0.6) is 0 Å². The quantitative estimate of drug-likeness (QED) is 0.625. The minimum Gasteiger partial charge on any atom is -0.249 e. The molecule has 0 atom stereocenters. The molecule has 0 aliphatic heterocycles. The van der Waals surface area contributed by atoms with Crippen molar-refractivity contribution in [2.24, 2.45) is 0 Å². The Kier molecular flexibility index (Phi) is 3.33. The summed E-state index contributed by atoms with van der Waals surface area (Å²) in [7, 11) is 0. The van der Waals surface area contributed by atoms with Crippen molar-refractivity contribution in [3.63, 3.8) is 0 Å². The number of hydrogen-bond acceptors (Lipinski definition) is 3. The van der Waals surface area contributed by atoms with Crippen LogP contribution in [0.3, 0.4) is 0 Å². The van der Waals surface area contributed by atoms with Crippen molar-refractivity contribution in [1.82, 2.24) is 15.0 Å². The van der Waals surface area contributed by atoms with E-state index in [1.807, 2.05) is 26.8 Å². The lowest BCUT2D eigenvalue weighted by molar-refractivity contribution is 0.629. The fourth-order valence-corrected chi connectivity index (χ4v) is 2.39. The summed E-state index contributed by atoms with van der Waals surface area (Å²) in [6, 6.07) is 6.64. The van der Waals surface area contributed by atoms with Gasteiger partial charge in [0, 0.05) is 11.6 Å². The maximum absolute atomic E-state index is 14.2. The number of aromatic nitrogens is 3. The Morgan fingerprint density at radius 1 is 0.952 bits per heavy atom. The van der Waals surface area contributed by atoms with Crippen LogP contribution < -0.4 is 0 Å². The molecule has 0 saturated carbocycles. The Balaban J connectivity index is 2.38. The number of aryl methyl sites for hydroxylation is 3. The van der Waals surface area contributed by atoms with E-state index in [9.17, 15) is 4.39 Å². The summed E-state index contributed by atoms with van der Waals surface area (Å²) < 4.78 is 14.2. The molecule has 0 N–H and O–H groups in total. The smallest absolute Gasteiger partial charge is 0.132 e. The van der Waals surface area contributed by atoms with Crippen molar-refractivity contribution >= 4 is 22.6 Å². The lowest BCUT2D eigenvalue weighted by Gasteiger charge is -2.09. The first-order chi connectivity index (χ1) is 9.95. The van der Waals surface area contributed by atoms with Crippen LogP contribution in [0.15, 0.2) is 24.3 Å². The first-order valence-electron chi connectivity index (χ1n) is 6.53. The Morgan fingerprint density at radius 3 is 2.38 bits per heavy atom. The Morgan fingerprint density at radius 2 is 1.67 bits per heavy atom. The van der Waals surface area contributed by atoms with E-state index >= 15 is 0 Å². The molecule has 0 amide bonds. The normalized spacial score (nSPS) is 11.1. The van der Waals surface area contributed by atoms with Crippen molar-refractivity contribution in [3.05, 3.63) is 52.2 Å². The average Bonchev–Trinajstić information content (AvgIpc) is 2.40. The number of pyridine rings is 1. The molecule has 106 valence electrons. The Labute approximate surface area is 126 Å². The van der Waals surface area contributed by atoms with E-state index in [4.69, 9.17) is 11.6 Å². The molecule has 0 aliphatic carbocycles. The van der Waals surface area contributed by atoms with E-state index in [2.05, 4.69) is 15.0 Å². The van der Waals surface area contributed by atoms with Gasteiger partial charge in [-0.25, -0.2) is 19.3 Å². The number of halogens is 2. The summed E-state index contributed by atoms with van der Waals surface area (Å²) in [6.45, 7) is 5.58. The summed E-state index contributed by atoms with van der Waals surface area (Å²) >= 11 is 6.05. The standard InChI is InChI=1S/C16H13ClFN3/c1-8-4-5-11(12(18)6-8)15-16-13(7-14(17)21-15)19-9(2)10(3)20-16/h4-7H,1-3H3. The molecule has 0 fully saturated rings. The second kappa shape index (κ2) is 5.04. The van der Waals surface area contributed by atoms with Crippen LogP contribution in [-0.2, 0) is 0 Å². The Hall–Kier alpha value is -2.07. The van der Waals surface area contributed by atoms with Gasteiger partial charge in [0.25, 0.3) is 0 Å². The van der Waals surface area contributed by atoms with Crippen LogP contribution >= 0.6 is 11.6 Å². The maximum atomic E-state index is 14.2. The van der Waals surface area contributed by atoms with Gasteiger partial charge in [0.1, 0.15) is 22.2 Å². The molecule has 21 heavy (non-hydrogen) atoms. The third-order valence-electron chi connectivity index (χ3n) is 3.41. The molecule has 3 nitrogen and oxygen atoms in total. The molecule has 3 aromatic rings. The van der Waals surface area contributed by atoms with Gasteiger partial charge in [0.2, 0.25) is 0 Å². The first kappa shape index (κ1) is 13.9. The second-order valence-corrected chi connectivity index (χ2v) is 5.43. The molecule has 5 heteroatoms. The lowest BCUT2D eigenvalue weighted by Crippen LogP contribution is -1.98. The molecule has 0 spiro atoms. The molecule has 0 bridgehead atoms. The van der Waals surface area contributed by atoms with E-state index in [1.165, 1.54) is 6.07 Å². The van der Waals surface area contributed by atoms with E-state index in [1.54, 1.807) is 12.1 Å². The summed E-state index contributed by atoms with van der Waals surface area (Å²) in [6.07, 6.45) is 0. The molecule has 0 saturated heterocycles. The van der Waals surface area contributed by atoms with Gasteiger partial charge < -0.3 is 0 Å². The van der Waals surface area contributed by atoms with Crippen molar-refractivity contribution in [1.29, 1.82) is 0 Å². The van der Waals surface area contributed by atoms with Gasteiger partial charge in [-0.3, -0.25) is 0 Å². The summed E-state index contributed by atoms with van der Waals surface area (Å²) in [5.41, 5.74) is 4.44. The second-order valence-electron chi connectivity index (χ2n) is 5.04. The zero-order chi connectivity index (χ0) is 15.1. The molecule has 0 aliphatic rings. The number of benzene rings is 1. The maximum Gasteiger partial charge on any atom is 0.132 e. The lowest BCUT2D eigenvalue weighted by atomic mass is 10.1. The SMILES string of the molecule is Cc1ccc(-c2nc(Cl)cc3nc(C)c(C)nc23)c(F)c1. The van der Waals surface area contributed by atoms with E-state index < -0.39 is 0 Å². The van der Waals surface area contributed by atoms with Crippen molar-refractivity contribution in [3.8, 4) is 11.3 Å². The highest BCUT2D eigenvalue weighted by Crippen LogP contribution is 2.29. The van der Waals surface area contributed by atoms with Crippen LogP contribution in [0.25, 0.3) is 22.3 Å². The van der Waals surface area contributed by atoms with Crippen LogP contribution in [0.1, 0.15) is 17.0 Å². The van der Waals surface area contributed by atoms with Crippen LogP contribution in [-0.4, -0.2) is 15.0 Å². The molecular weight excluding hydrogens is 289 g/mol. The molecule has 3 rings (SSSR count). The summed E-state index contributed by atoms with van der Waals surface area (Å²) in [5, 5.41) is 0.273. The highest BCUT2D eigenvalue weighted by molar-refractivity contribution is 6.30. The number of hydrogen-bond donors (Lipinski definition) is 0. The Bertz CT molecular complexity index is 862. The highest BCUT2D eigenvalue weighted by atomic mass is 35.5. The molecular formula is C16H13ClFN3. The third kappa shape index (κ3) is 2.47. The molecule has 2 heterocycles. The van der Waals surface area contributed by atoms with Crippen molar-refractivity contribution < 1.29 is 4.39 Å². The van der Waals surface area contributed by atoms with E-state index in [-0.39, 0.29) is 11.0 Å². The van der Waals surface area contributed by atoms with Crippen LogP contribution in [0, 0.1) is 26.6 Å². The van der Waals surface area contributed by atoms with Gasteiger partial charge in [-0.05, 0) is 38.5 Å². The zero-order valence-electron chi connectivity index (χ0n) is 11.9. The topological polar surface area (TPSA) is 38.7 Å². The number of rotatable bonds is 1. The van der Waals surface area contributed by atoms with E-state index in [0.717, 1.165) is 17.0 Å². The van der Waals surface area contributed by atoms with Crippen LogP contribution in [0.4, 0.5) is 4.39 Å². The van der Waals surface area contributed by atoms with Gasteiger partial charge in [-0.15, -0.1) is 0 Å². The number of nitrogens with zero attached hydrogens (tertiary/aromatic N) is 3. The fourth-order valence-electron chi connectivity index (χ4n) is 2.20. The molecule has 0 unspecified atom stereocenters.